The van der Waals surface area contributed by atoms with Crippen molar-refractivity contribution in [3.8, 4) is 17.3 Å². The number of carbonyl (C=O) groups is 1. The lowest BCUT2D eigenvalue weighted by atomic mass is 10.1. The van der Waals surface area contributed by atoms with Gasteiger partial charge in [-0.2, -0.15) is 18.3 Å². The minimum atomic E-state index is -4.57. The van der Waals surface area contributed by atoms with Gasteiger partial charge in [0, 0.05) is 16.6 Å². The summed E-state index contributed by atoms with van der Waals surface area (Å²) >= 11 is 0. The number of rotatable bonds is 4. The molecular formula is C26H22F3N3O3. The first-order valence-electron chi connectivity index (χ1n) is 10.6. The van der Waals surface area contributed by atoms with Crippen LogP contribution in [-0.4, -0.2) is 26.4 Å². The monoisotopic (exact) mass is 481 g/mol. The van der Waals surface area contributed by atoms with E-state index in [1.165, 1.54) is 41.8 Å². The van der Waals surface area contributed by atoms with Crippen molar-refractivity contribution in [3.63, 3.8) is 0 Å². The van der Waals surface area contributed by atoms with Gasteiger partial charge in [-0.05, 0) is 80.4 Å². The Morgan fingerprint density at radius 2 is 1.57 bits per heavy atom. The molecule has 9 heteroatoms. The number of hydrazone groups is 1. The topological polar surface area (TPSA) is 86.8 Å². The molecule has 0 aliphatic carbocycles. The smallest absolute Gasteiger partial charge is 0.416 e. The molecule has 3 aromatic carbocycles. The normalized spacial score (nSPS) is 12.2. The van der Waals surface area contributed by atoms with Crippen LogP contribution in [0.1, 0.15) is 39.5 Å². The van der Waals surface area contributed by atoms with Crippen molar-refractivity contribution in [2.75, 3.05) is 0 Å². The molecular weight excluding hydrogens is 459 g/mol. The molecule has 4 aromatic rings. The van der Waals surface area contributed by atoms with Crippen molar-refractivity contribution in [2.45, 2.75) is 26.9 Å². The molecule has 0 saturated carbocycles. The van der Waals surface area contributed by atoms with E-state index >= 15 is 0 Å². The molecule has 35 heavy (non-hydrogen) atoms. The molecule has 1 amide bonds. The second kappa shape index (κ2) is 8.83. The third-order valence-electron chi connectivity index (χ3n) is 5.55. The fraction of sp³-hybridized carbons (Fsp3) is 0.154. The first-order valence-corrected chi connectivity index (χ1v) is 10.6. The number of hydrogen-bond acceptors (Lipinski definition) is 4. The van der Waals surface area contributed by atoms with E-state index in [0.717, 1.165) is 23.3 Å². The molecule has 4 rings (SSSR count). The summed E-state index contributed by atoms with van der Waals surface area (Å²) in [5.41, 5.74) is 4.56. The summed E-state index contributed by atoms with van der Waals surface area (Å²) < 4.78 is 41.8. The molecule has 0 saturated heterocycles. The molecule has 0 fully saturated rings. The number of halogens is 3. The van der Waals surface area contributed by atoms with Crippen molar-refractivity contribution in [2.24, 2.45) is 5.10 Å². The molecule has 6 nitrogen and oxygen atoms in total. The Morgan fingerprint density at radius 1 is 0.943 bits per heavy atom. The predicted octanol–water partition coefficient (Wildman–Crippen LogP) is 5.83. The van der Waals surface area contributed by atoms with Crippen molar-refractivity contribution in [1.82, 2.24) is 9.99 Å². The Labute approximate surface area is 198 Å². The van der Waals surface area contributed by atoms with E-state index in [4.69, 9.17) is 0 Å². The number of nitrogens with zero attached hydrogens (tertiary/aromatic N) is 2. The van der Waals surface area contributed by atoms with Crippen LogP contribution in [0.2, 0.25) is 0 Å². The first kappa shape index (κ1) is 23.9. The van der Waals surface area contributed by atoms with Gasteiger partial charge in [0.15, 0.2) is 0 Å². The maximum Gasteiger partial charge on any atom is 0.416 e. The number of aryl methyl sites for hydroxylation is 2. The summed E-state index contributed by atoms with van der Waals surface area (Å²) in [5.74, 6) is -0.853. The zero-order chi connectivity index (χ0) is 25.5. The molecule has 1 heterocycles. The minimum Gasteiger partial charge on any atom is -0.508 e. The quantitative estimate of drug-likeness (QED) is 0.253. The summed E-state index contributed by atoms with van der Waals surface area (Å²) in [6.07, 6.45) is -4.57. The molecule has 0 aliphatic rings. The Hall–Kier alpha value is -4.27. The lowest BCUT2D eigenvalue weighted by molar-refractivity contribution is -0.137. The Balaban J connectivity index is 1.86. The van der Waals surface area contributed by atoms with Crippen LogP contribution in [0.3, 0.4) is 0 Å². The highest BCUT2D eigenvalue weighted by atomic mass is 19.4. The zero-order valence-electron chi connectivity index (χ0n) is 19.1. The van der Waals surface area contributed by atoms with E-state index < -0.39 is 17.6 Å². The molecule has 1 aromatic heterocycles. The number of phenolic OH excluding ortho intramolecular Hbond substituents is 1. The number of fused-ring (bicyclic) bond motifs is 1. The Morgan fingerprint density at radius 3 is 2.17 bits per heavy atom. The van der Waals surface area contributed by atoms with E-state index in [1.54, 1.807) is 12.1 Å². The van der Waals surface area contributed by atoms with Crippen molar-refractivity contribution >= 4 is 22.5 Å². The van der Waals surface area contributed by atoms with E-state index in [0.29, 0.717) is 11.1 Å². The standard InChI is InChI=1S/C26H22F3N3O3/c1-14-10-15(2)12-19(11-14)32-22-13-18(26(27,28)29)6-9-21(22)23(25(32)35)16(3)30-31-24(34)17-4-7-20(33)8-5-17/h4-13,33,35H,1-3H3,(H,31,34). The predicted molar refractivity (Wildman–Crippen MR) is 127 cm³/mol. The molecule has 3 N–H and O–H groups in total. The van der Waals surface area contributed by atoms with Gasteiger partial charge in [0.1, 0.15) is 5.75 Å². The number of amides is 1. The Bertz CT molecular complexity index is 1450. The number of aromatic hydroxyl groups is 2. The van der Waals surface area contributed by atoms with Crippen LogP contribution in [0.4, 0.5) is 13.2 Å². The minimum absolute atomic E-state index is 0.00331. The molecule has 0 spiro atoms. The second-order valence-electron chi connectivity index (χ2n) is 8.29. The van der Waals surface area contributed by atoms with Gasteiger partial charge in [-0.15, -0.1) is 0 Å². The molecule has 180 valence electrons. The van der Waals surface area contributed by atoms with Gasteiger partial charge in [0.25, 0.3) is 5.91 Å². The highest BCUT2D eigenvalue weighted by Gasteiger charge is 2.32. The molecule has 0 bridgehead atoms. The van der Waals surface area contributed by atoms with Gasteiger partial charge in [-0.1, -0.05) is 12.1 Å². The SMILES string of the molecule is CC(=NNC(=O)c1ccc(O)cc1)c1c(O)n(-c2cc(C)cc(C)c2)c2cc(C(F)(F)F)ccc12. The summed E-state index contributed by atoms with van der Waals surface area (Å²) in [6, 6.07) is 14.2. The first-order chi connectivity index (χ1) is 16.5. The third-order valence-corrected chi connectivity index (χ3v) is 5.55. The fourth-order valence-corrected chi connectivity index (χ4v) is 4.02. The van der Waals surface area contributed by atoms with Gasteiger partial charge in [-0.25, -0.2) is 5.43 Å². The van der Waals surface area contributed by atoms with Crippen LogP contribution in [0.15, 0.2) is 65.8 Å². The largest absolute Gasteiger partial charge is 0.508 e. The lowest BCUT2D eigenvalue weighted by Crippen LogP contribution is -2.19. The van der Waals surface area contributed by atoms with Gasteiger partial charge >= 0.3 is 6.18 Å². The second-order valence-corrected chi connectivity index (χ2v) is 8.29. The van der Waals surface area contributed by atoms with Gasteiger partial charge < -0.3 is 10.2 Å². The van der Waals surface area contributed by atoms with Crippen molar-refractivity contribution in [1.29, 1.82) is 0 Å². The molecule has 0 unspecified atom stereocenters. The van der Waals surface area contributed by atoms with Crippen LogP contribution in [0, 0.1) is 13.8 Å². The molecule has 0 atom stereocenters. The van der Waals surface area contributed by atoms with E-state index in [1.807, 2.05) is 19.9 Å². The van der Waals surface area contributed by atoms with E-state index in [9.17, 15) is 28.2 Å². The van der Waals surface area contributed by atoms with Crippen LogP contribution in [-0.2, 0) is 6.18 Å². The summed E-state index contributed by atoms with van der Waals surface area (Å²) in [7, 11) is 0. The average Bonchev–Trinajstić information content (AvgIpc) is 3.07. The summed E-state index contributed by atoms with van der Waals surface area (Å²) in [6.45, 7) is 5.24. The number of benzene rings is 3. The van der Waals surface area contributed by atoms with Crippen LogP contribution < -0.4 is 5.43 Å². The van der Waals surface area contributed by atoms with Crippen LogP contribution in [0.25, 0.3) is 16.6 Å². The average molecular weight is 481 g/mol. The van der Waals surface area contributed by atoms with Gasteiger partial charge in [-0.3, -0.25) is 9.36 Å². The maximum atomic E-state index is 13.5. The number of hydrogen-bond donors (Lipinski definition) is 3. The van der Waals surface area contributed by atoms with Crippen molar-refractivity contribution in [3.05, 3.63) is 88.5 Å². The number of phenols is 1. The van der Waals surface area contributed by atoms with E-state index in [2.05, 4.69) is 10.5 Å². The number of nitrogens with one attached hydrogen (secondary N) is 1. The van der Waals surface area contributed by atoms with Gasteiger partial charge in [0.2, 0.25) is 5.88 Å². The van der Waals surface area contributed by atoms with Crippen LogP contribution in [0.5, 0.6) is 11.6 Å². The van der Waals surface area contributed by atoms with Crippen LogP contribution >= 0.6 is 0 Å². The third kappa shape index (κ3) is 4.70. The maximum absolute atomic E-state index is 13.5. The highest BCUT2D eigenvalue weighted by molar-refractivity contribution is 6.13. The number of carbonyl (C=O) groups excluding carboxylic acids is 1. The summed E-state index contributed by atoms with van der Waals surface area (Å²) in [4.78, 5) is 12.4. The summed E-state index contributed by atoms with van der Waals surface area (Å²) in [5, 5.41) is 25.0. The molecule has 0 aliphatic heterocycles. The molecule has 0 radical (unpaired) electrons. The number of aromatic nitrogens is 1. The number of alkyl halides is 3. The van der Waals surface area contributed by atoms with Crippen molar-refractivity contribution < 1.29 is 28.2 Å². The van der Waals surface area contributed by atoms with E-state index in [-0.39, 0.29) is 34.0 Å². The fourth-order valence-electron chi connectivity index (χ4n) is 4.02. The lowest BCUT2D eigenvalue weighted by Gasteiger charge is -2.11. The Kier molecular flexibility index (Phi) is 6.02. The van der Waals surface area contributed by atoms with Gasteiger partial charge in [0.05, 0.1) is 22.4 Å². The zero-order valence-corrected chi connectivity index (χ0v) is 19.1. The highest BCUT2D eigenvalue weighted by Crippen LogP contribution is 2.39.